The average molecular weight is 301 g/mol. The van der Waals surface area contributed by atoms with Gasteiger partial charge in [0.15, 0.2) is 0 Å². The zero-order valence-electron chi connectivity index (χ0n) is 11.6. The molecule has 108 valence electrons. The molecule has 0 fully saturated rings. The van der Waals surface area contributed by atoms with Crippen LogP contribution in [0.15, 0.2) is 41.6 Å². The van der Waals surface area contributed by atoms with Crippen LogP contribution in [-0.4, -0.2) is 31.8 Å². The molecule has 21 heavy (non-hydrogen) atoms. The Morgan fingerprint density at radius 1 is 1.38 bits per heavy atom. The highest BCUT2D eigenvalue weighted by Gasteiger charge is 2.16. The normalized spacial score (nSPS) is 10.7. The number of nitrogens with zero attached hydrogens (tertiary/aromatic N) is 4. The van der Waals surface area contributed by atoms with Gasteiger partial charge in [-0.2, -0.15) is 5.10 Å². The maximum Gasteiger partial charge on any atom is 0.256 e. The van der Waals surface area contributed by atoms with Crippen molar-refractivity contribution < 1.29 is 4.79 Å². The first-order valence-corrected chi connectivity index (χ1v) is 7.50. The number of nitrogens with one attached hydrogen (secondary N) is 1. The summed E-state index contributed by atoms with van der Waals surface area (Å²) in [6.07, 6.45) is 6.11. The third-order valence-corrected chi connectivity index (χ3v) is 3.79. The highest BCUT2D eigenvalue weighted by atomic mass is 32.1. The first-order chi connectivity index (χ1) is 10.3. The molecule has 0 unspecified atom stereocenters. The van der Waals surface area contributed by atoms with Crippen LogP contribution in [0.3, 0.4) is 0 Å². The van der Waals surface area contributed by atoms with Gasteiger partial charge in [0.05, 0.1) is 17.4 Å². The summed E-state index contributed by atoms with van der Waals surface area (Å²) in [4.78, 5) is 16.5. The van der Waals surface area contributed by atoms with E-state index in [9.17, 15) is 4.79 Å². The van der Waals surface area contributed by atoms with Gasteiger partial charge in [0.2, 0.25) is 0 Å². The third kappa shape index (κ3) is 2.87. The Labute approximate surface area is 126 Å². The predicted octanol–water partition coefficient (Wildman–Crippen LogP) is 1.64. The summed E-state index contributed by atoms with van der Waals surface area (Å²) < 4.78 is 3.57. The molecule has 0 atom stereocenters. The summed E-state index contributed by atoms with van der Waals surface area (Å²) in [6.45, 7) is 0.558. The van der Waals surface area contributed by atoms with Gasteiger partial charge in [0.1, 0.15) is 11.4 Å². The van der Waals surface area contributed by atoms with Crippen LogP contribution in [0.1, 0.15) is 16.1 Å². The fourth-order valence-electron chi connectivity index (χ4n) is 2.13. The molecule has 0 aliphatic rings. The molecule has 0 saturated heterocycles. The van der Waals surface area contributed by atoms with Crippen LogP contribution in [0.4, 0.5) is 0 Å². The Hall–Kier alpha value is -2.41. The lowest BCUT2D eigenvalue weighted by Crippen LogP contribution is -2.26. The van der Waals surface area contributed by atoms with Crippen LogP contribution in [-0.2, 0) is 13.5 Å². The van der Waals surface area contributed by atoms with Crippen LogP contribution in [0, 0.1) is 0 Å². The molecule has 0 spiro atoms. The minimum Gasteiger partial charge on any atom is -0.351 e. The fraction of sp³-hybridized carbons (Fsp3) is 0.214. The number of thiazole rings is 1. The lowest BCUT2D eigenvalue weighted by Gasteiger charge is -2.08. The van der Waals surface area contributed by atoms with E-state index in [1.165, 1.54) is 0 Å². The first kappa shape index (κ1) is 13.6. The first-order valence-electron chi connectivity index (χ1n) is 6.56. The number of carbonyl (C=O) groups is 1. The summed E-state index contributed by atoms with van der Waals surface area (Å²) >= 11 is 1.56. The third-order valence-electron chi connectivity index (χ3n) is 3.15. The molecule has 3 aromatic rings. The number of rotatable bonds is 5. The molecule has 0 bridgehead atoms. The van der Waals surface area contributed by atoms with E-state index in [0.717, 1.165) is 17.9 Å². The van der Waals surface area contributed by atoms with E-state index < -0.39 is 0 Å². The Morgan fingerprint density at radius 2 is 2.19 bits per heavy atom. The van der Waals surface area contributed by atoms with Crippen molar-refractivity contribution in [3.05, 3.63) is 52.9 Å². The monoisotopic (exact) mass is 301 g/mol. The topological polar surface area (TPSA) is 64.7 Å². The Bertz CT molecular complexity index is 715. The van der Waals surface area contributed by atoms with Crippen LogP contribution in [0.25, 0.3) is 5.82 Å². The van der Waals surface area contributed by atoms with Gasteiger partial charge in [0, 0.05) is 37.8 Å². The van der Waals surface area contributed by atoms with E-state index in [1.54, 1.807) is 27.7 Å². The van der Waals surface area contributed by atoms with Crippen molar-refractivity contribution in [2.75, 3.05) is 6.54 Å². The standard InChI is InChI=1S/C14H15N5OS/c1-18-14(19-6-2-3-7-19)12(8-17-18)13(20)15-5-4-11-9-21-10-16-11/h2-3,6-10H,4-5H2,1H3,(H,15,20). The molecule has 6 nitrogen and oxygen atoms in total. The predicted molar refractivity (Wildman–Crippen MR) is 80.7 cm³/mol. The van der Waals surface area contributed by atoms with E-state index >= 15 is 0 Å². The minimum absolute atomic E-state index is 0.123. The highest BCUT2D eigenvalue weighted by molar-refractivity contribution is 7.07. The number of aromatic nitrogens is 4. The summed E-state index contributed by atoms with van der Waals surface area (Å²) in [6, 6.07) is 3.83. The largest absolute Gasteiger partial charge is 0.351 e. The number of hydrogen-bond acceptors (Lipinski definition) is 4. The van der Waals surface area contributed by atoms with E-state index in [1.807, 2.05) is 41.5 Å². The number of hydrogen-bond donors (Lipinski definition) is 1. The van der Waals surface area contributed by atoms with Gasteiger partial charge >= 0.3 is 0 Å². The maximum absolute atomic E-state index is 12.3. The molecule has 1 N–H and O–H groups in total. The smallest absolute Gasteiger partial charge is 0.256 e. The van der Waals surface area contributed by atoms with E-state index in [4.69, 9.17) is 0 Å². The molecule has 0 radical (unpaired) electrons. The molecule has 0 aliphatic carbocycles. The molecular formula is C14H15N5OS. The molecule has 7 heteroatoms. The van der Waals surface area contributed by atoms with Gasteiger partial charge in [0.25, 0.3) is 5.91 Å². The summed E-state index contributed by atoms with van der Waals surface area (Å²) in [5.74, 6) is 0.633. The van der Waals surface area contributed by atoms with Gasteiger partial charge in [-0.15, -0.1) is 11.3 Å². The quantitative estimate of drug-likeness (QED) is 0.779. The molecule has 3 aromatic heterocycles. The lowest BCUT2D eigenvalue weighted by molar-refractivity contribution is 0.0954. The SMILES string of the molecule is Cn1ncc(C(=O)NCCc2cscn2)c1-n1cccc1. The van der Waals surface area contributed by atoms with Crippen molar-refractivity contribution in [2.45, 2.75) is 6.42 Å². The second kappa shape index (κ2) is 5.92. The Morgan fingerprint density at radius 3 is 2.90 bits per heavy atom. The van der Waals surface area contributed by atoms with E-state index in [2.05, 4.69) is 15.4 Å². The molecule has 1 amide bonds. The van der Waals surface area contributed by atoms with E-state index in [0.29, 0.717) is 12.1 Å². The van der Waals surface area contributed by atoms with Gasteiger partial charge < -0.3 is 9.88 Å². The van der Waals surface area contributed by atoms with Crippen molar-refractivity contribution in [1.29, 1.82) is 0 Å². The van der Waals surface area contributed by atoms with Crippen molar-refractivity contribution in [2.24, 2.45) is 7.05 Å². The summed E-state index contributed by atoms with van der Waals surface area (Å²) in [7, 11) is 1.82. The minimum atomic E-state index is -0.123. The number of aryl methyl sites for hydroxylation is 1. The van der Waals surface area contributed by atoms with Crippen LogP contribution >= 0.6 is 11.3 Å². The molecule has 0 aliphatic heterocycles. The van der Waals surface area contributed by atoms with Gasteiger partial charge in [-0.1, -0.05) is 0 Å². The lowest BCUT2D eigenvalue weighted by atomic mass is 10.3. The Kier molecular flexibility index (Phi) is 3.83. The second-order valence-corrected chi connectivity index (χ2v) is 5.30. The molecular weight excluding hydrogens is 286 g/mol. The molecule has 0 aromatic carbocycles. The summed E-state index contributed by atoms with van der Waals surface area (Å²) in [5, 5.41) is 9.08. The second-order valence-electron chi connectivity index (χ2n) is 4.58. The van der Waals surface area contributed by atoms with Crippen molar-refractivity contribution in [1.82, 2.24) is 24.6 Å². The highest BCUT2D eigenvalue weighted by Crippen LogP contribution is 2.13. The zero-order chi connectivity index (χ0) is 14.7. The van der Waals surface area contributed by atoms with Crippen LogP contribution in [0.5, 0.6) is 0 Å². The maximum atomic E-state index is 12.3. The number of carbonyl (C=O) groups excluding carboxylic acids is 1. The van der Waals surface area contributed by atoms with Gasteiger partial charge in [-0.25, -0.2) is 4.98 Å². The van der Waals surface area contributed by atoms with Crippen LogP contribution in [0.2, 0.25) is 0 Å². The van der Waals surface area contributed by atoms with Crippen molar-refractivity contribution in [3.8, 4) is 5.82 Å². The average Bonchev–Trinajstić information content (AvgIpc) is 3.18. The van der Waals surface area contributed by atoms with Crippen molar-refractivity contribution >= 4 is 17.2 Å². The van der Waals surface area contributed by atoms with Crippen molar-refractivity contribution in [3.63, 3.8) is 0 Å². The summed E-state index contributed by atoms with van der Waals surface area (Å²) in [5.41, 5.74) is 3.35. The van der Waals surface area contributed by atoms with Gasteiger partial charge in [-0.3, -0.25) is 9.48 Å². The molecule has 3 heterocycles. The fourth-order valence-corrected chi connectivity index (χ4v) is 2.73. The molecule has 3 rings (SSSR count). The van der Waals surface area contributed by atoms with Gasteiger partial charge in [-0.05, 0) is 12.1 Å². The van der Waals surface area contributed by atoms with Crippen LogP contribution < -0.4 is 5.32 Å². The van der Waals surface area contributed by atoms with E-state index in [-0.39, 0.29) is 5.91 Å². The Balaban J connectivity index is 1.70. The number of amides is 1. The molecule has 0 saturated carbocycles. The zero-order valence-corrected chi connectivity index (χ0v) is 12.4.